The van der Waals surface area contributed by atoms with Gasteiger partial charge in [-0.05, 0) is 53.2 Å². The van der Waals surface area contributed by atoms with Gasteiger partial charge in [-0.25, -0.2) is 0 Å². The third kappa shape index (κ3) is 5.05. The lowest BCUT2D eigenvalue weighted by molar-refractivity contribution is -0.145. The first-order valence-corrected chi connectivity index (χ1v) is 7.39. The van der Waals surface area contributed by atoms with Crippen molar-refractivity contribution in [3.05, 3.63) is 29.3 Å². The molecule has 0 aliphatic rings. The maximum Gasteiger partial charge on any atom is 0.323 e. The fourth-order valence-electron chi connectivity index (χ4n) is 2.61. The highest BCUT2D eigenvalue weighted by Crippen LogP contribution is 2.23. The summed E-state index contributed by atoms with van der Waals surface area (Å²) < 4.78 is 5.92. The second-order valence-electron chi connectivity index (χ2n) is 6.34. The van der Waals surface area contributed by atoms with Gasteiger partial charge in [0.1, 0.15) is 11.3 Å². The molecule has 1 aromatic rings. The van der Waals surface area contributed by atoms with Crippen molar-refractivity contribution in [1.29, 1.82) is 0 Å². The molecule has 0 saturated carbocycles. The van der Waals surface area contributed by atoms with Crippen molar-refractivity contribution >= 4 is 5.97 Å². The number of ether oxygens (including phenoxy) is 1. The normalized spacial score (nSPS) is 15.6. The number of hydrogen-bond acceptors (Lipinski definition) is 3. The molecule has 1 rings (SSSR count). The first-order valence-electron chi connectivity index (χ1n) is 7.39. The Labute approximate surface area is 127 Å². The van der Waals surface area contributed by atoms with E-state index in [1.54, 1.807) is 6.92 Å². The van der Waals surface area contributed by atoms with Crippen LogP contribution in [0.5, 0.6) is 5.75 Å². The molecular formula is C17H27NO3. The summed E-state index contributed by atoms with van der Waals surface area (Å²) in [5, 5.41) is 12.6. The summed E-state index contributed by atoms with van der Waals surface area (Å²) in [4.78, 5) is 11.5. The summed E-state index contributed by atoms with van der Waals surface area (Å²) in [6.45, 7) is 11.5. The topological polar surface area (TPSA) is 58.6 Å². The van der Waals surface area contributed by atoms with Crippen LogP contribution in [0.4, 0.5) is 0 Å². The molecule has 21 heavy (non-hydrogen) atoms. The van der Waals surface area contributed by atoms with Crippen molar-refractivity contribution < 1.29 is 14.6 Å². The van der Waals surface area contributed by atoms with Crippen LogP contribution < -0.4 is 10.1 Å². The molecule has 4 heteroatoms. The minimum Gasteiger partial charge on any atom is -0.490 e. The molecule has 2 atom stereocenters. The van der Waals surface area contributed by atoms with Gasteiger partial charge in [0, 0.05) is 12.5 Å². The smallest absolute Gasteiger partial charge is 0.323 e. The van der Waals surface area contributed by atoms with Crippen LogP contribution in [0, 0.1) is 13.8 Å². The molecule has 0 spiro atoms. The van der Waals surface area contributed by atoms with Gasteiger partial charge in [-0.2, -0.15) is 0 Å². The molecule has 4 nitrogen and oxygen atoms in total. The minimum absolute atomic E-state index is 0.0967. The maximum absolute atomic E-state index is 11.5. The van der Waals surface area contributed by atoms with Crippen molar-refractivity contribution in [2.24, 2.45) is 0 Å². The van der Waals surface area contributed by atoms with Crippen LogP contribution in [0.1, 0.15) is 45.2 Å². The number of aliphatic carboxylic acids is 1. The Morgan fingerprint density at radius 1 is 1.33 bits per heavy atom. The molecule has 0 aliphatic carbocycles. The number of hydrogen-bond donors (Lipinski definition) is 2. The summed E-state index contributed by atoms with van der Waals surface area (Å²) in [5.41, 5.74) is 1.26. The number of aryl methyl sites for hydroxylation is 2. The Morgan fingerprint density at radius 3 is 2.43 bits per heavy atom. The lowest BCUT2D eigenvalue weighted by atomic mass is 9.94. The predicted octanol–water partition coefficient (Wildman–Crippen LogP) is 3.30. The van der Waals surface area contributed by atoms with E-state index in [9.17, 15) is 9.90 Å². The van der Waals surface area contributed by atoms with Gasteiger partial charge in [0.05, 0.1) is 6.10 Å². The summed E-state index contributed by atoms with van der Waals surface area (Å²) >= 11 is 0. The zero-order chi connectivity index (χ0) is 16.2. The van der Waals surface area contributed by atoms with Crippen molar-refractivity contribution in [2.45, 2.75) is 65.6 Å². The fraction of sp³-hybridized carbons (Fsp3) is 0.588. The molecule has 118 valence electrons. The van der Waals surface area contributed by atoms with Gasteiger partial charge < -0.3 is 9.84 Å². The summed E-state index contributed by atoms with van der Waals surface area (Å²) in [7, 11) is 0. The summed E-state index contributed by atoms with van der Waals surface area (Å²) in [5.74, 6) is -0.0438. The van der Waals surface area contributed by atoms with E-state index in [0.717, 1.165) is 11.3 Å². The molecule has 0 heterocycles. The Hall–Kier alpha value is -1.55. The highest BCUT2D eigenvalue weighted by molar-refractivity contribution is 5.78. The number of carbonyl (C=O) groups is 1. The van der Waals surface area contributed by atoms with Crippen molar-refractivity contribution in [3.8, 4) is 5.75 Å². The van der Waals surface area contributed by atoms with Crippen LogP contribution in [0.2, 0.25) is 0 Å². The first-order chi connectivity index (χ1) is 9.64. The predicted molar refractivity (Wildman–Crippen MR) is 84.9 cm³/mol. The largest absolute Gasteiger partial charge is 0.490 e. The maximum atomic E-state index is 11.5. The van der Waals surface area contributed by atoms with E-state index in [1.165, 1.54) is 5.56 Å². The zero-order valence-corrected chi connectivity index (χ0v) is 13.9. The number of carboxylic acid groups (broad SMARTS) is 1. The molecule has 0 aromatic heterocycles. The van der Waals surface area contributed by atoms with Gasteiger partial charge in [0.25, 0.3) is 0 Å². The van der Waals surface area contributed by atoms with Crippen LogP contribution in [0.15, 0.2) is 18.2 Å². The molecule has 0 aliphatic heterocycles. The van der Waals surface area contributed by atoms with Crippen LogP contribution in [0.25, 0.3) is 0 Å². The van der Waals surface area contributed by atoms with Gasteiger partial charge in [-0.15, -0.1) is 0 Å². The molecule has 1 aromatic carbocycles. The molecule has 0 amide bonds. The van der Waals surface area contributed by atoms with Crippen LogP contribution in [0.3, 0.4) is 0 Å². The second-order valence-corrected chi connectivity index (χ2v) is 6.34. The van der Waals surface area contributed by atoms with E-state index >= 15 is 0 Å². The highest BCUT2D eigenvalue weighted by Gasteiger charge is 2.35. The van der Waals surface area contributed by atoms with Gasteiger partial charge in [0.15, 0.2) is 0 Å². The van der Waals surface area contributed by atoms with Gasteiger partial charge in [-0.3, -0.25) is 10.1 Å². The third-order valence-electron chi connectivity index (χ3n) is 3.43. The number of benzene rings is 1. The molecular weight excluding hydrogens is 266 g/mol. The minimum atomic E-state index is -0.994. The second kappa shape index (κ2) is 6.94. The van der Waals surface area contributed by atoms with E-state index in [2.05, 4.69) is 11.4 Å². The standard InChI is InChI=1S/C17H27NO3/c1-11(2)18-17(6,16(19)20)10-14(5)21-15-8-7-12(3)9-13(15)4/h7-9,11,14,18H,10H2,1-6H3,(H,19,20). The number of carboxylic acids is 1. The summed E-state index contributed by atoms with van der Waals surface area (Å²) in [6.07, 6.45) is 0.201. The number of nitrogens with one attached hydrogen (secondary N) is 1. The van der Waals surface area contributed by atoms with Crippen molar-refractivity contribution in [3.63, 3.8) is 0 Å². The van der Waals surface area contributed by atoms with E-state index in [4.69, 9.17) is 4.74 Å². The van der Waals surface area contributed by atoms with Crippen LogP contribution in [-0.2, 0) is 4.79 Å². The molecule has 0 radical (unpaired) electrons. The summed E-state index contributed by atoms with van der Waals surface area (Å²) in [6, 6.07) is 6.09. The third-order valence-corrected chi connectivity index (χ3v) is 3.43. The van der Waals surface area contributed by atoms with E-state index in [0.29, 0.717) is 6.42 Å². The monoisotopic (exact) mass is 293 g/mol. The molecule has 0 saturated heterocycles. The molecule has 2 unspecified atom stereocenters. The van der Waals surface area contributed by atoms with E-state index < -0.39 is 11.5 Å². The van der Waals surface area contributed by atoms with E-state index in [1.807, 2.05) is 46.8 Å². The quantitative estimate of drug-likeness (QED) is 0.810. The van der Waals surface area contributed by atoms with Gasteiger partial charge in [-0.1, -0.05) is 17.7 Å². The van der Waals surface area contributed by atoms with Gasteiger partial charge >= 0.3 is 5.97 Å². The molecule has 0 bridgehead atoms. The van der Waals surface area contributed by atoms with Crippen molar-refractivity contribution in [2.75, 3.05) is 0 Å². The Morgan fingerprint density at radius 2 is 1.95 bits per heavy atom. The highest BCUT2D eigenvalue weighted by atomic mass is 16.5. The van der Waals surface area contributed by atoms with E-state index in [-0.39, 0.29) is 12.1 Å². The fourth-order valence-corrected chi connectivity index (χ4v) is 2.61. The Balaban J connectivity index is 2.78. The Kier molecular flexibility index (Phi) is 5.78. The average molecular weight is 293 g/mol. The van der Waals surface area contributed by atoms with Crippen LogP contribution in [-0.4, -0.2) is 28.8 Å². The average Bonchev–Trinajstić information content (AvgIpc) is 2.31. The molecule has 2 N–H and O–H groups in total. The van der Waals surface area contributed by atoms with Crippen LogP contribution >= 0.6 is 0 Å². The first kappa shape index (κ1) is 17.5. The molecule has 0 fully saturated rings. The lowest BCUT2D eigenvalue weighted by Crippen LogP contribution is -2.54. The lowest BCUT2D eigenvalue weighted by Gasteiger charge is -2.31. The van der Waals surface area contributed by atoms with Crippen molar-refractivity contribution in [1.82, 2.24) is 5.32 Å². The zero-order valence-electron chi connectivity index (χ0n) is 13.9. The number of rotatable bonds is 7. The SMILES string of the molecule is Cc1ccc(OC(C)CC(C)(NC(C)C)C(=O)O)c(C)c1. The Bertz CT molecular complexity index is 499. The van der Waals surface area contributed by atoms with Gasteiger partial charge in [0.2, 0.25) is 0 Å².